The number of carbonyl (C=O) groups excluding carboxylic acids is 1. The number of hydrogen-bond donors (Lipinski definition) is 2. The summed E-state index contributed by atoms with van der Waals surface area (Å²) in [6.45, 7) is 1.89. The topological polar surface area (TPSA) is 78.9 Å². The van der Waals surface area contributed by atoms with Gasteiger partial charge >= 0.3 is 6.18 Å². The van der Waals surface area contributed by atoms with E-state index in [1.54, 1.807) is 6.07 Å². The third-order valence-electron chi connectivity index (χ3n) is 3.70. The van der Waals surface area contributed by atoms with E-state index in [-0.39, 0.29) is 22.0 Å². The minimum Gasteiger partial charge on any atom is -0.398 e. The fourth-order valence-corrected chi connectivity index (χ4v) is 2.38. The van der Waals surface area contributed by atoms with E-state index < -0.39 is 24.2 Å². The van der Waals surface area contributed by atoms with Crippen molar-refractivity contribution >= 4 is 17.3 Å². The summed E-state index contributed by atoms with van der Waals surface area (Å²) in [5.41, 5.74) is 2.35. The van der Waals surface area contributed by atoms with Gasteiger partial charge in [-0.05, 0) is 25.0 Å². The van der Waals surface area contributed by atoms with E-state index in [1.165, 1.54) is 18.2 Å². The highest BCUT2D eigenvalue weighted by atomic mass is 19.4. The zero-order valence-electron chi connectivity index (χ0n) is 12.6. The number of para-hydroxylation sites is 1. The largest absolute Gasteiger partial charge is 0.438 e. The van der Waals surface area contributed by atoms with E-state index in [1.807, 2.05) is 6.92 Å². The van der Waals surface area contributed by atoms with Crippen molar-refractivity contribution in [3.8, 4) is 0 Å². The number of hydrazone groups is 1. The zero-order chi connectivity index (χ0) is 17.3. The predicted molar refractivity (Wildman–Crippen MR) is 79.6 cm³/mol. The second-order valence-corrected chi connectivity index (χ2v) is 5.47. The SMILES string of the molecule is CCCCC1=NN(C(=O)c2ccccc2N)[C@](O)(C(F)(F)F)C1. The summed E-state index contributed by atoms with van der Waals surface area (Å²) in [5.74, 6) is -1.07. The van der Waals surface area contributed by atoms with E-state index in [0.717, 1.165) is 6.42 Å². The van der Waals surface area contributed by atoms with E-state index in [4.69, 9.17) is 5.73 Å². The van der Waals surface area contributed by atoms with E-state index in [2.05, 4.69) is 5.10 Å². The third-order valence-corrected chi connectivity index (χ3v) is 3.70. The maximum absolute atomic E-state index is 13.3. The molecule has 8 heteroatoms. The summed E-state index contributed by atoms with van der Waals surface area (Å²) < 4.78 is 40.0. The van der Waals surface area contributed by atoms with Crippen molar-refractivity contribution in [2.75, 3.05) is 5.73 Å². The highest BCUT2D eigenvalue weighted by molar-refractivity contribution is 6.01. The number of hydrogen-bond acceptors (Lipinski definition) is 4. The molecule has 1 aromatic carbocycles. The Bertz CT molecular complexity index is 631. The molecule has 1 aliphatic heterocycles. The monoisotopic (exact) mass is 329 g/mol. The van der Waals surface area contributed by atoms with Crippen molar-refractivity contribution in [3.05, 3.63) is 29.8 Å². The lowest BCUT2D eigenvalue weighted by Crippen LogP contribution is -2.56. The molecule has 1 aliphatic rings. The summed E-state index contributed by atoms with van der Waals surface area (Å²) in [4.78, 5) is 12.4. The van der Waals surface area contributed by atoms with E-state index >= 15 is 0 Å². The van der Waals surface area contributed by atoms with Gasteiger partial charge in [0.25, 0.3) is 11.6 Å². The third kappa shape index (κ3) is 3.17. The van der Waals surface area contributed by atoms with Crippen LogP contribution in [-0.2, 0) is 0 Å². The maximum Gasteiger partial charge on any atom is 0.438 e. The molecule has 0 radical (unpaired) electrons. The molecule has 23 heavy (non-hydrogen) atoms. The van der Waals surface area contributed by atoms with Crippen LogP contribution in [0, 0.1) is 0 Å². The van der Waals surface area contributed by atoms with Crippen LogP contribution in [-0.4, -0.2) is 33.6 Å². The first-order valence-corrected chi connectivity index (χ1v) is 7.25. The van der Waals surface area contributed by atoms with Crippen molar-refractivity contribution < 1.29 is 23.1 Å². The van der Waals surface area contributed by atoms with Crippen LogP contribution in [0.4, 0.5) is 18.9 Å². The van der Waals surface area contributed by atoms with Crippen molar-refractivity contribution in [3.63, 3.8) is 0 Å². The number of aliphatic hydroxyl groups is 1. The van der Waals surface area contributed by atoms with Crippen LogP contribution in [0.2, 0.25) is 0 Å². The van der Waals surface area contributed by atoms with Gasteiger partial charge in [-0.2, -0.15) is 23.3 Å². The smallest absolute Gasteiger partial charge is 0.398 e. The average Bonchev–Trinajstić information content (AvgIpc) is 2.83. The molecule has 5 nitrogen and oxygen atoms in total. The highest BCUT2D eigenvalue weighted by Crippen LogP contribution is 2.41. The molecule has 1 aromatic rings. The molecule has 0 saturated heterocycles. The molecule has 0 fully saturated rings. The van der Waals surface area contributed by atoms with Crippen LogP contribution in [0.15, 0.2) is 29.4 Å². The van der Waals surface area contributed by atoms with Gasteiger partial charge in [0.05, 0.1) is 5.56 Å². The number of nitrogens with two attached hydrogens (primary N) is 1. The average molecular weight is 329 g/mol. The molecule has 0 aliphatic carbocycles. The Morgan fingerprint density at radius 1 is 1.43 bits per heavy atom. The number of nitrogens with zero attached hydrogens (tertiary/aromatic N) is 2. The Kier molecular flexibility index (Phi) is 4.65. The molecule has 1 heterocycles. The molecule has 0 bridgehead atoms. The van der Waals surface area contributed by atoms with Gasteiger partial charge in [0.2, 0.25) is 0 Å². The Morgan fingerprint density at radius 3 is 2.65 bits per heavy atom. The number of halogens is 3. The van der Waals surface area contributed by atoms with E-state index in [9.17, 15) is 23.1 Å². The molecule has 1 amide bonds. The first-order chi connectivity index (χ1) is 10.7. The Labute approximate surface area is 131 Å². The molecule has 0 saturated carbocycles. The van der Waals surface area contributed by atoms with Gasteiger partial charge in [-0.25, -0.2) is 0 Å². The fraction of sp³-hybridized carbons (Fsp3) is 0.467. The molecule has 126 valence electrons. The summed E-state index contributed by atoms with van der Waals surface area (Å²) in [5, 5.41) is 14.0. The summed E-state index contributed by atoms with van der Waals surface area (Å²) in [6.07, 6.45) is -4.08. The van der Waals surface area contributed by atoms with Gasteiger partial charge < -0.3 is 10.8 Å². The molecule has 2 rings (SSSR count). The molecule has 0 unspecified atom stereocenters. The molecular weight excluding hydrogens is 311 g/mol. The fourth-order valence-electron chi connectivity index (χ4n) is 2.38. The minimum atomic E-state index is -5.02. The van der Waals surface area contributed by atoms with Crippen molar-refractivity contribution in [2.45, 2.75) is 44.5 Å². The lowest BCUT2D eigenvalue weighted by Gasteiger charge is -2.32. The minimum absolute atomic E-state index is 0.0271. The lowest BCUT2D eigenvalue weighted by atomic mass is 10.0. The summed E-state index contributed by atoms with van der Waals surface area (Å²) >= 11 is 0. The molecule has 0 spiro atoms. The number of alkyl halides is 3. The summed E-state index contributed by atoms with van der Waals surface area (Å²) in [6, 6.07) is 5.74. The number of benzene rings is 1. The Balaban J connectivity index is 2.40. The standard InChI is InChI=1S/C15H18F3N3O2/c1-2-3-6-10-9-14(23,15(16,17)18)21(20-10)13(22)11-7-4-5-8-12(11)19/h4-5,7-8,23H,2-3,6,9,19H2,1H3/t14-/m1/s1. The first-order valence-electron chi connectivity index (χ1n) is 7.25. The maximum atomic E-state index is 13.3. The zero-order valence-corrected chi connectivity index (χ0v) is 12.6. The van der Waals surface area contributed by atoms with Gasteiger partial charge in [0, 0.05) is 17.8 Å². The Hall–Kier alpha value is -2.09. The molecular formula is C15H18F3N3O2. The van der Waals surface area contributed by atoms with Crippen molar-refractivity contribution in [1.82, 2.24) is 5.01 Å². The van der Waals surface area contributed by atoms with Crippen LogP contribution < -0.4 is 5.73 Å². The van der Waals surface area contributed by atoms with Crippen LogP contribution in [0.25, 0.3) is 0 Å². The van der Waals surface area contributed by atoms with Gasteiger partial charge in [0.1, 0.15) is 0 Å². The van der Waals surface area contributed by atoms with Crippen LogP contribution in [0.1, 0.15) is 43.0 Å². The highest BCUT2D eigenvalue weighted by Gasteiger charge is 2.63. The van der Waals surface area contributed by atoms with Gasteiger partial charge in [0.15, 0.2) is 0 Å². The van der Waals surface area contributed by atoms with Crippen molar-refractivity contribution in [1.29, 1.82) is 0 Å². The summed E-state index contributed by atoms with van der Waals surface area (Å²) in [7, 11) is 0. The lowest BCUT2D eigenvalue weighted by molar-refractivity contribution is -0.297. The molecule has 1 atom stereocenters. The molecule has 0 aromatic heterocycles. The van der Waals surface area contributed by atoms with E-state index in [0.29, 0.717) is 12.8 Å². The number of carbonyl (C=O) groups is 1. The predicted octanol–water partition coefficient (Wildman–Crippen LogP) is 2.91. The number of anilines is 1. The van der Waals surface area contributed by atoms with Crippen LogP contribution in [0.5, 0.6) is 0 Å². The number of amides is 1. The van der Waals surface area contributed by atoms with Gasteiger partial charge in [-0.1, -0.05) is 25.5 Å². The Morgan fingerprint density at radius 2 is 2.09 bits per heavy atom. The van der Waals surface area contributed by atoms with Crippen LogP contribution >= 0.6 is 0 Å². The van der Waals surface area contributed by atoms with Gasteiger partial charge in [-0.15, -0.1) is 0 Å². The second-order valence-electron chi connectivity index (χ2n) is 5.47. The number of nitrogen functional groups attached to an aromatic ring is 1. The second kappa shape index (κ2) is 6.19. The van der Waals surface area contributed by atoms with Gasteiger partial charge in [-0.3, -0.25) is 4.79 Å². The normalized spacial score (nSPS) is 21.4. The first kappa shape index (κ1) is 17.3. The van der Waals surface area contributed by atoms with Crippen LogP contribution in [0.3, 0.4) is 0 Å². The number of rotatable bonds is 4. The van der Waals surface area contributed by atoms with Crippen molar-refractivity contribution in [2.24, 2.45) is 5.10 Å². The number of unbranched alkanes of at least 4 members (excludes halogenated alkanes) is 1. The molecule has 3 N–H and O–H groups in total. The quantitative estimate of drug-likeness (QED) is 0.834.